The van der Waals surface area contributed by atoms with Crippen LogP contribution < -0.4 is 10.9 Å². The van der Waals surface area contributed by atoms with Crippen molar-refractivity contribution >= 4 is 28.2 Å². The van der Waals surface area contributed by atoms with Crippen molar-refractivity contribution < 1.29 is 9.72 Å². The molecule has 0 aliphatic rings. The smallest absolute Gasteiger partial charge is 0.278 e. The van der Waals surface area contributed by atoms with Crippen molar-refractivity contribution in [1.29, 1.82) is 0 Å². The van der Waals surface area contributed by atoms with Crippen molar-refractivity contribution in [2.75, 3.05) is 5.32 Å². The van der Waals surface area contributed by atoms with Crippen molar-refractivity contribution in [3.63, 3.8) is 0 Å². The number of nitrogens with one attached hydrogen (secondary N) is 1. The Kier molecular flexibility index (Phi) is 3.98. The van der Waals surface area contributed by atoms with Gasteiger partial charge in [0.2, 0.25) is 5.91 Å². The molecular weight excluding hydrogens is 314 g/mol. The predicted octanol–water partition coefficient (Wildman–Crippen LogP) is 1.34. The van der Waals surface area contributed by atoms with Crippen LogP contribution in [0.25, 0.3) is 10.9 Å². The molecule has 1 aromatic heterocycles. The number of fused-ring (bicyclic) bond motifs is 1. The number of non-ortho nitro benzene ring substituents is 1. The quantitative estimate of drug-likeness (QED) is 0.571. The summed E-state index contributed by atoms with van der Waals surface area (Å²) < 4.78 is 0.940. The summed E-state index contributed by atoms with van der Waals surface area (Å²) in [5, 5.41) is 21.2. The van der Waals surface area contributed by atoms with Gasteiger partial charge in [-0.25, -0.2) is 4.68 Å². The average Bonchev–Trinajstić information content (AvgIpc) is 2.58. The number of nitro benzene ring substituents is 1. The molecule has 0 aliphatic carbocycles. The van der Waals surface area contributed by atoms with Gasteiger partial charge in [-0.3, -0.25) is 19.7 Å². The number of hydrogen-bond donors (Lipinski definition) is 1. The number of anilines is 1. The second-order valence-electron chi connectivity index (χ2n) is 4.93. The monoisotopic (exact) mass is 325 g/mol. The van der Waals surface area contributed by atoms with Crippen LogP contribution in [0.3, 0.4) is 0 Å². The van der Waals surface area contributed by atoms with Crippen LogP contribution in [0.2, 0.25) is 0 Å². The van der Waals surface area contributed by atoms with Gasteiger partial charge in [-0.15, -0.1) is 5.10 Å². The molecule has 120 valence electrons. The van der Waals surface area contributed by atoms with Gasteiger partial charge in [-0.1, -0.05) is 23.4 Å². The Hall–Kier alpha value is -3.62. The highest BCUT2D eigenvalue weighted by molar-refractivity contribution is 5.91. The Morgan fingerprint density at radius 3 is 2.79 bits per heavy atom. The van der Waals surface area contributed by atoms with E-state index in [0.717, 1.165) is 4.68 Å². The molecule has 1 heterocycles. The summed E-state index contributed by atoms with van der Waals surface area (Å²) in [6, 6.07) is 12.2. The van der Waals surface area contributed by atoms with Gasteiger partial charge in [0.15, 0.2) is 0 Å². The van der Waals surface area contributed by atoms with E-state index < -0.39 is 16.4 Å². The minimum atomic E-state index is -0.561. The van der Waals surface area contributed by atoms with Crippen molar-refractivity contribution in [2.24, 2.45) is 0 Å². The van der Waals surface area contributed by atoms with E-state index in [1.807, 2.05) is 0 Å². The van der Waals surface area contributed by atoms with E-state index in [2.05, 4.69) is 15.6 Å². The maximum atomic E-state index is 12.3. The van der Waals surface area contributed by atoms with Crippen LogP contribution in [0.15, 0.2) is 53.3 Å². The molecule has 0 saturated carbocycles. The third-order valence-corrected chi connectivity index (χ3v) is 3.26. The molecule has 0 bridgehead atoms. The van der Waals surface area contributed by atoms with E-state index in [1.54, 1.807) is 24.3 Å². The molecule has 0 fully saturated rings. The molecule has 3 aromatic rings. The lowest BCUT2D eigenvalue weighted by atomic mass is 10.2. The predicted molar refractivity (Wildman–Crippen MR) is 85.5 cm³/mol. The molecule has 0 radical (unpaired) electrons. The number of rotatable bonds is 4. The third-order valence-electron chi connectivity index (χ3n) is 3.26. The van der Waals surface area contributed by atoms with Crippen molar-refractivity contribution in [3.05, 3.63) is 69.0 Å². The third kappa shape index (κ3) is 3.09. The SMILES string of the molecule is O=C(Cn1nnc2ccccc2c1=O)Nc1cccc([N+](=O)[O-])c1. The normalized spacial score (nSPS) is 10.5. The summed E-state index contributed by atoms with van der Waals surface area (Å²) >= 11 is 0. The average molecular weight is 325 g/mol. The van der Waals surface area contributed by atoms with Crippen LogP contribution >= 0.6 is 0 Å². The molecule has 9 heteroatoms. The lowest BCUT2D eigenvalue weighted by Crippen LogP contribution is -2.30. The largest absolute Gasteiger partial charge is 0.324 e. The molecule has 1 amide bonds. The van der Waals surface area contributed by atoms with Crippen LogP contribution in [0.4, 0.5) is 11.4 Å². The summed E-state index contributed by atoms with van der Waals surface area (Å²) in [5.74, 6) is -0.540. The number of hydrogen-bond acceptors (Lipinski definition) is 6. The molecule has 2 aromatic carbocycles. The number of nitrogens with zero attached hydrogens (tertiary/aromatic N) is 4. The maximum Gasteiger partial charge on any atom is 0.278 e. The number of carbonyl (C=O) groups excluding carboxylic acids is 1. The number of nitro groups is 1. The number of amides is 1. The van der Waals surface area contributed by atoms with Gasteiger partial charge in [-0.05, 0) is 18.2 Å². The molecule has 0 saturated heterocycles. The van der Waals surface area contributed by atoms with E-state index in [9.17, 15) is 19.7 Å². The van der Waals surface area contributed by atoms with Crippen molar-refractivity contribution in [1.82, 2.24) is 15.0 Å². The van der Waals surface area contributed by atoms with Crippen LogP contribution in [0.5, 0.6) is 0 Å². The van der Waals surface area contributed by atoms with Crippen molar-refractivity contribution in [3.8, 4) is 0 Å². The van der Waals surface area contributed by atoms with E-state index >= 15 is 0 Å². The zero-order valence-electron chi connectivity index (χ0n) is 12.2. The van der Waals surface area contributed by atoms with E-state index in [4.69, 9.17) is 0 Å². The fourth-order valence-corrected chi connectivity index (χ4v) is 2.16. The van der Waals surface area contributed by atoms with Crippen LogP contribution in [0, 0.1) is 10.1 Å². The standard InChI is InChI=1S/C15H11N5O4/c21-14(16-10-4-3-5-11(8-10)20(23)24)9-19-15(22)12-6-1-2-7-13(12)17-18-19/h1-8H,9H2,(H,16,21). The van der Waals surface area contributed by atoms with Crippen LogP contribution in [-0.4, -0.2) is 25.8 Å². The lowest BCUT2D eigenvalue weighted by molar-refractivity contribution is -0.384. The number of carbonyl (C=O) groups is 1. The minimum Gasteiger partial charge on any atom is -0.324 e. The molecule has 9 nitrogen and oxygen atoms in total. The van der Waals surface area contributed by atoms with Gasteiger partial charge in [0.25, 0.3) is 11.2 Å². The summed E-state index contributed by atoms with van der Waals surface area (Å²) in [6.45, 7) is -0.348. The molecule has 0 atom stereocenters. The Balaban J connectivity index is 1.80. The first-order chi connectivity index (χ1) is 11.5. The molecular formula is C15H11N5O4. The molecule has 0 spiro atoms. The molecule has 24 heavy (non-hydrogen) atoms. The van der Waals surface area contributed by atoms with E-state index in [0.29, 0.717) is 10.9 Å². The fraction of sp³-hybridized carbons (Fsp3) is 0.0667. The van der Waals surface area contributed by atoms with Gasteiger partial charge in [0.05, 0.1) is 10.3 Å². The summed E-state index contributed by atoms with van der Waals surface area (Å²) in [7, 11) is 0. The van der Waals surface area contributed by atoms with Crippen LogP contribution in [0.1, 0.15) is 0 Å². The van der Waals surface area contributed by atoms with Crippen LogP contribution in [-0.2, 0) is 11.3 Å². The first kappa shape index (κ1) is 15.3. The highest BCUT2D eigenvalue weighted by Crippen LogP contribution is 2.16. The summed E-state index contributed by atoms with van der Waals surface area (Å²) in [5.41, 5.74) is 0.124. The second-order valence-corrected chi connectivity index (χ2v) is 4.93. The van der Waals surface area contributed by atoms with Gasteiger partial charge >= 0.3 is 0 Å². The Morgan fingerprint density at radius 2 is 2.00 bits per heavy atom. The first-order valence-electron chi connectivity index (χ1n) is 6.91. The lowest BCUT2D eigenvalue weighted by Gasteiger charge is -2.06. The van der Waals surface area contributed by atoms with E-state index in [-0.39, 0.29) is 17.9 Å². The zero-order valence-corrected chi connectivity index (χ0v) is 12.2. The zero-order chi connectivity index (χ0) is 17.1. The fourth-order valence-electron chi connectivity index (χ4n) is 2.16. The molecule has 3 rings (SSSR count). The molecule has 0 unspecified atom stereocenters. The van der Waals surface area contributed by atoms with Gasteiger partial charge in [0, 0.05) is 17.8 Å². The minimum absolute atomic E-state index is 0.143. The molecule has 0 aliphatic heterocycles. The highest BCUT2D eigenvalue weighted by atomic mass is 16.6. The maximum absolute atomic E-state index is 12.3. The van der Waals surface area contributed by atoms with Gasteiger partial charge < -0.3 is 5.32 Å². The summed E-state index contributed by atoms with van der Waals surface area (Å²) in [6.07, 6.45) is 0. The molecule has 1 N–H and O–H groups in total. The van der Waals surface area contributed by atoms with Crippen molar-refractivity contribution in [2.45, 2.75) is 6.54 Å². The Labute approximate surface area is 134 Å². The topological polar surface area (TPSA) is 120 Å². The van der Waals surface area contributed by atoms with Gasteiger partial charge in [0.1, 0.15) is 12.1 Å². The highest BCUT2D eigenvalue weighted by Gasteiger charge is 2.11. The number of benzene rings is 2. The summed E-state index contributed by atoms with van der Waals surface area (Å²) in [4.78, 5) is 34.5. The van der Waals surface area contributed by atoms with Gasteiger partial charge in [-0.2, -0.15) is 0 Å². The second kappa shape index (κ2) is 6.24. The number of aromatic nitrogens is 3. The van der Waals surface area contributed by atoms with E-state index in [1.165, 1.54) is 24.3 Å². The first-order valence-corrected chi connectivity index (χ1v) is 6.91. The Morgan fingerprint density at radius 1 is 1.21 bits per heavy atom. The Bertz CT molecular complexity index is 998.